The minimum absolute atomic E-state index is 0.151. The van der Waals surface area contributed by atoms with Gasteiger partial charge in [0, 0.05) is 18.0 Å². The molecular weight excluding hydrogens is 467 g/mol. The molecule has 0 unspecified atom stereocenters. The molecule has 0 aliphatic heterocycles. The van der Waals surface area contributed by atoms with Gasteiger partial charge in [0.2, 0.25) is 5.95 Å². The molecule has 2 aromatic carbocycles. The number of rotatable bonds is 6. The highest BCUT2D eigenvalue weighted by Crippen LogP contribution is 2.31. The zero-order chi connectivity index (χ0) is 23.8. The molecule has 0 spiro atoms. The van der Waals surface area contributed by atoms with Crippen molar-refractivity contribution in [1.29, 1.82) is 0 Å². The molecule has 4 rings (SSSR count). The van der Waals surface area contributed by atoms with Crippen molar-refractivity contribution in [2.45, 2.75) is 18.7 Å². The van der Waals surface area contributed by atoms with Gasteiger partial charge in [-0.25, -0.2) is 17.8 Å². The third-order valence-corrected chi connectivity index (χ3v) is 6.26. The van der Waals surface area contributed by atoms with E-state index in [2.05, 4.69) is 30.8 Å². The van der Waals surface area contributed by atoms with Crippen LogP contribution in [0.4, 0.5) is 27.7 Å². The van der Waals surface area contributed by atoms with Gasteiger partial charge in [-0.15, -0.1) is 0 Å². The molecule has 0 saturated carbocycles. The molecule has 0 fully saturated rings. The Bertz CT molecular complexity index is 1440. The molecule has 0 saturated heterocycles. The molecule has 0 aliphatic rings. The molecule has 170 valence electrons. The van der Waals surface area contributed by atoms with Gasteiger partial charge in [-0.3, -0.25) is 5.10 Å². The fourth-order valence-corrected chi connectivity index (χ4v) is 3.98. The highest BCUT2D eigenvalue weighted by atomic mass is 35.5. The van der Waals surface area contributed by atoms with Crippen LogP contribution in [0, 0.1) is 19.7 Å². The van der Waals surface area contributed by atoms with Gasteiger partial charge in [0.05, 0.1) is 16.8 Å². The van der Waals surface area contributed by atoms with Gasteiger partial charge in [-0.05, 0) is 54.8 Å². The Kier molecular flexibility index (Phi) is 6.05. The molecule has 2 heterocycles. The first kappa shape index (κ1) is 22.7. The summed E-state index contributed by atoms with van der Waals surface area (Å²) >= 11 is 6.18. The molecule has 11 heteroatoms. The Hall–Kier alpha value is -3.50. The summed E-state index contributed by atoms with van der Waals surface area (Å²) in [6, 6.07) is 11.1. The molecule has 0 bridgehead atoms. The summed E-state index contributed by atoms with van der Waals surface area (Å²) in [5, 5.41) is 13.0. The van der Waals surface area contributed by atoms with E-state index in [1.54, 1.807) is 24.3 Å². The zero-order valence-corrected chi connectivity index (χ0v) is 19.5. The summed E-state index contributed by atoms with van der Waals surface area (Å²) in [5.41, 5.74) is 3.18. The second-order valence-corrected chi connectivity index (χ2v) is 9.94. The molecule has 0 amide bonds. The fraction of sp³-hybridized carbons (Fsp3) is 0.136. The van der Waals surface area contributed by atoms with Crippen molar-refractivity contribution in [3.63, 3.8) is 0 Å². The zero-order valence-electron chi connectivity index (χ0n) is 17.9. The van der Waals surface area contributed by atoms with Crippen molar-refractivity contribution in [1.82, 2.24) is 20.2 Å². The number of hydrogen-bond donors (Lipinski definition) is 3. The van der Waals surface area contributed by atoms with Gasteiger partial charge in [-0.1, -0.05) is 23.7 Å². The van der Waals surface area contributed by atoms with Gasteiger partial charge >= 0.3 is 0 Å². The molecular formula is C22H20ClFN6O2S. The lowest BCUT2D eigenvalue weighted by Gasteiger charge is -2.13. The second-order valence-electron chi connectivity index (χ2n) is 7.52. The van der Waals surface area contributed by atoms with E-state index in [1.165, 1.54) is 24.4 Å². The highest BCUT2D eigenvalue weighted by molar-refractivity contribution is 7.90. The topological polar surface area (TPSA) is 113 Å². The number of benzene rings is 2. The number of anilines is 4. The van der Waals surface area contributed by atoms with Crippen molar-refractivity contribution < 1.29 is 12.8 Å². The molecule has 8 nitrogen and oxygen atoms in total. The van der Waals surface area contributed by atoms with Crippen LogP contribution >= 0.6 is 11.6 Å². The van der Waals surface area contributed by atoms with E-state index in [1.807, 2.05) is 13.8 Å². The van der Waals surface area contributed by atoms with E-state index >= 15 is 0 Å². The molecule has 4 aromatic rings. The third kappa shape index (κ3) is 5.12. The predicted octanol–water partition coefficient (Wildman–Crippen LogP) is 5.17. The first-order valence-corrected chi connectivity index (χ1v) is 12.1. The maximum atomic E-state index is 14.9. The number of aromatic nitrogens is 4. The minimum atomic E-state index is -3.31. The van der Waals surface area contributed by atoms with Gasteiger partial charge in [0.1, 0.15) is 10.8 Å². The van der Waals surface area contributed by atoms with E-state index in [0.717, 1.165) is 17.5 Å². The standard InChI is InChI=1S/C22H20ClFN6O2S/c1-12-8-19(18(24)10-16(12)14-4-6-15(7-5-14)33(3,31)32)26-22-25-11-17(23)21(28-22)27-20-9-13(2)29-30-20/h4-11H,1-3H3,(H3,25,26,27,28,29,30). The lowest BCUT2D eigenvalue weighted by atomic mass is 10.00. The van der Waals surface area contributed by atoms with Crippen molar-refractivity contribution in [2.75, 3.05) is 16.9 Å². The van der Waals surface area contributed by atoms with Crippen LogP contribution in [0.25, 0.3) is 11.1 Å². The number of hydrogen-bond acceptors (Lipinski definition) is 7. The van der Waals surface area contributed by atoms with Crippen molar-refractivity contribution >= 4 is 44.7 Å². The van der Waals surface area contributed by atoms with Gasteiger partial charge in [-0.2, -0.15) is 10.1 Å². The van der Waals surface area contributed by atoms with Crippen LogP contribution < -0.4 is 10.6 Å². The van der Waals surface area contributed by atoms with Crippen LogP contribution in [0.1, 0.15) is 11.3 Å². The van der Waals surface area contributed by atoms with E-state index in [0.29, 0.717) is 22.8 Å². The quantitative estimate of drug-likeness (QED) is 0.344. The first-order chi connectivity index (χ1) is 15.6. The smallest absolute Gasteiger partial charge is 0.229 e. The van der Waals surface area contributed by atoms with Crippen molar-refractivity contribution in [2.24, 2.45) is 0 Å². The number of sulfone groups is 1. The van der Waals surface area contributed by atoms with Crippen LogP contribution in [-0.4, -0.2) is 34.8 Å². The van der Waals surface area contributed by atoms with E-state index < -0.39 is 15.7 Å². The fourth-order valence-electron chi connectivity index (χ4n) is 3.21. The van der Waals surface area contributed by atoms with Gasteiger partial charge in [0.15, 0.2) is 21.5 Å². The molecule has 0 atom stereocenters. The van der Waals surface area contributed by atoms with Crippen molar-refractivity contribution in [3.8, 4) is 11.1 Å². The monoisotopic (exact) mass is 486 g/mol. The van der Waals surface area contributed by atoms with Crippen LogP contribution in [0.5, 0.6) is 0 Å². The first-order valence-electron chi connectivity index (χ1n) is 9.79. The van der Waals surface area contributed by atoms with Gasteiger partial charge < -0.3 is 10.6 Å². The predicted molar refractivity (Wildman–Crippen MR) is 127 cm³/mol. The largest absolute Gasteiger partial charge is 0.322 e. The number of aromatic amines is 1. The molecule has 0 radical (unpaired) electrons. The maximum Gasteiger partial charge on any atom is 0.229 e. The number of nitrogens with one attached hydrogen (secondary N) is 3. The normalized spacial score (nSPS) is 11.4. The van der Waals surface area contributed by atoms with Crippen LogP contribution in [0.2, 0.25) is 5.02 Å². The lowest BCUT2D eigenvalue weighted by molar-refractivity contribution is 0.602. The average Bonchev–Trinajstić information content (AvgIpc) is 3.17. The number of aryl methyl sites for hydroxylation is 2. The van der Waals surface area contributed by atoms with E-state index in [-0.39, 0.29) is 21.6 Å². The van der Waals surface area contributed by atoms with Gasteiger partial charge in [0.25, 0.3) is 0 Å². The molecule has 0 aliphatic carbocycles. The summed E-state index contributed by atoms with van der Waals surface area (Å²) in [5.74, 6) is 0.490. The Morgan fingerprint density at radius 2 is 1.79 bits per heavy atom. The number of nitrogens with zero attached hydrogens (tertiary/aromatic N) is 3. The SMILES string of the molecule is Cc1cc(Nc2nc(Nc3cc(C)c(-c4ccc(S(C)(=O)=O)cc4)cc3F)ncc2Cl)n[nH]1. The van der Waals surface area contributed by atoms with Crippen LogP contribution in [0.15, 0.2) is 53.6 Å². The minimum Gasteiger partial charge on any atom is -0.322 e. The summed E-state index contributed by atoms with van der Waals surface area (Å²) in [6.45, 7) is 3.70. The highest BCUT2D eigenvalue weighted by Gasteiger charge is 2.14. The van der Waals surface area contributed by atoms with Crippen LogP contribution in [-0.2, 0) is 9.84 Å². The Morgan fingerprint density at radius 1 is 1.06 bits per heavy atom. The second kappa shape index (κ2) is 8.80. The third-order valence-electron chi connectivity index (χ3n) is 4.85. The molecule has 33 heavy (non-hydrogen) atoms. The maximum absolute atomic E-state index is 14.9. The van der Waals surface area contributed by atoms with E-state index in [4.69, 9.17) is 11.6 Å². The van der Waals surface area contributed by atoms with E-state index in [9.17, 15) is 12.8 Å². The summed E-state index contributed by atoms with van der Waals surface area (Å²) in [6.07, 6.45) is 2.55. The molecule has 3 N–H and O–H groups in total. The number of halogens is 2. The van der Waals surface area contributed by atoms with Crippen molar-refractivity contribution in [3.05, 3.63) is 70.8 Å². The molecule has 2 aromatic heterocycles. The summed E-state index contributed by atoms with van der Waals surface area (Å²) in [7, 11) is -3.31. The Balaban J connectivity index is 1.59. The summed E-state index contributed by atoms with van der Waals surface area (Å²) < 4.78 is 38.3. The average molecular weight is 487 g/mol. The van der Waals surface area contributed by atoms with Crippen LogP contribution in [0.3, 0.4) is 0 Å². The lowest BCUT2D eigenvalue weighted by Crippen LogP contribution is -2.03. The Morgan fingerprint density at radius 3 is 2.42 bits per heavy atom. The number of H-pyrrole nitrogens is 1. The summed E-state index contributed by atoms with van der Waals surface area (Å²) in [4.78, 5) is 8.64. The Labute approximate surface area is 195 Å².